The smallest absolute Gasteiger partial charge is 0.390 e. The number of rotatable bonds is 1. The van der Waals surface area contributed by atoms with Gasteiger partial charge in [-0.25, -0.2) is 0 Å². The topological polar surface area (TPSA) is 29.5 Å². The fraction of sp³-hybridized carbons (Fsp3) is 1.00. The molecule has 13 heavy (non-hydrogen) atoms. The van der Waals surface area contributed by atoms with Gasteiger partial charge in [0.2, 0.25) is 0 Å². The second-order valence-electron chi connectivity index (χ2n) is 3.09. The van der Waals surface area contributed by atoms with Crippen molar-refractivity contribution >= 4 is 0 Å². The lowest BCUT2D eigenvalue weighted by atomic mass is 9.79. The van der Waals surface area contributed by atoms with E-state index < -0.39 is 18.1 Å². The Labute approximate surface area is 75.7 Å². The summed E-state index contributed by atoms with van der Waals surface area (Å²) < 4.78 is 38.1. The summed E-state index contributed by atoms with van der Waals surface area (Å²) in [5, 5.41) is 9.03. The fourth-order valence-corrected chi connectivity index (χ4v) is 1.19. The molecule has 0 aromatic rings. The Bertz CT molecular complexity index is 146. The Hall–Kier alpha value is -0.290. The fourth-order valence-electron chi connectivity index (χ4n) is 1.19. The minimum absolute atomic E-state index is 0.0620. The summed E-state index contributed by atoms with van der Waals surface area (Å²) in [5.74, 6) is 0. The first kappa shape index (κ1) is 12.7. The van der Waals surface area contributed by atoms with Gasteiger partial charge in [0.05, 0.1) is 11.7 Å². The van der Waals surface area contributed by atoms with Gasteiger partial charge < -0.3 is 5.11 Å². The predicted molar refractivity (Wildman–Crippen MR) is 42.1 cm³/mol. The second kappa shape index (κ2) is 4.28. The monoisotopic (exact) mass is 200 g/mol. The Morgan fingerprint density at radius 3 is 1.92 bits per heavy atom. The van der Waals surface area contributed by atoms with E-state index >= 15 is 0 Å². The molecule has 0 spiro atoms. The summed E-state index contributed by atoms with van der Waals surface area (Å²) in [4.78, 5) is 0. The highest BCUT2D eigenvalue weighted by molar-refractivity contribution is 4.91. The molecule has 0 amide bonds. The molecule has 1 N–H and O–H groups in total. The van der Waals surface area contributed by atoms with Crippen LogP contribution in [0.2, 0.25) is 0 Å². The van der Waals surface area contributed by atoms with Gasteiger partial charge in [0, 0.05) is 12.8 Å². The first-order valence-corrected chi connectivity index (χ1v) is 4.25. The molecule has 1 saturated carbocycles. The van der Waals surface area contributed by atoms with Gasteiger partial charge in [-0.1, -0.05) is 13.8 Å². The van der Waals surface area contributed by atoms with Crippen LogP contribution in [0.4, 0.5) is 13.2 Å². The highest BCUT2D eigenvalue weighted by Gasteiger charge is 2.45. The highest BCUT2D eigenvalue weighted by Crippen LogP contribution is 2.37. The molecule has 0 aliphatic heterocycles. The standard InChI is InChI=1S/C6H9F3O2.C2H6/c1-5(10)2-4(3-5)11-6(7,8)9;1-2/h4,10H,2-3H2,1H3;1-2H3. The van der Waals surface area contributed by atoms with Crippen LogP contribution >= 0.6 is 0 Å². The third-order valence-corrected chi connectivity index (χ3v) is 1.64. The van der Waals surface area contributed by atoms with E-state index in [4.69, 9.17) is 5.11 Å². The maximum atomic E-state index is 11.5. The number of hydrogen-bond acceptors (Lipinski definition) is 2. The molecule has 0 atom stereocenters. The Balaban J connectivity index is 0.000000671. The number of halogens is 3. The van der Waals surface area contributed by atoms with Gasteiger partial charge in [-0.05, 0) is 6.92 Å². The van der Waals surface area contributed by atoms with Gasteiger partial charge in [-0.15, -0.1) is 13.2 Å². The maximum absolute atomic E-state index is 11.5. The molecule has 0 radical (unpaired) electrons. The van der Waals surface area contributed by atoms with Gasteiger partial charge in [0.1, 0.15) is 0 Å². The van der Waals surface area contributed by atoms with Crippen LogP contribution in [0.1, 0.15) is 33.6 Å². The Morgan fingerprint density at radius 1 is 1.31 bits per heavy atom. The molecule has 0 unspecified atom stereocenters. The van der Waals surface area contributed by atoms with Crippen molar-refractivity contribution in [1.29, 1.82) is 0 Å². The van der Waals surface area contributed by atoms with Crippen molar-refractivity contribution in [3.63, 3.8) is 0 Å². The van der Waals surface area contributed by atoms with Crippen molar-refractivity contribution in [2.45, 2.75) is 51.7 Å². The number of ether oxygens (including phenoxy) is 1. The lowest BCUT2D eigenvalue weighted by molar-refractivity contribution is -0.361. The van der Waals surface area contributed by atoms with Gasteiger partial charge in [-0.3, -0.25) is 4.74 Å². The molecule has 0 aromatic carbocycles. The minimum atomic E-state index is -4.57. The van der Waals surface area contributed by atoms with Gasteiger partial charge in [0.25, 0.3) is 0 Å². The lowest BCUT2D eigenvalue weighted by Gasteiger charge is -2.40. The molecule has 1 aliphatic carbocycles. The first-order chi connectivity index (χ1) is 5.79. The summed E-state index contributed by atoms with van der Waals surface area (Å²) in [5.41, 5.74) is -0.962. The molecule has 0 bridgehead atoms. The molecule has 80 valence electrons. The molecule has 0 aromatic heterocycles. The van der Waals surface area contributed by atoms with E-state index in [1.54, 1.807) is 0 Å². The SMILES string of the molecule is CC.CC1(O)CC(OC(F)(F)F)C1. The van der Waals surface area contributed by atoms with Crippen LogP contribution in [0, 0.1) is 0 Å². The van der Waals surface area contributed by atoms with Crippen molar-refractivity contribution in [2.24, 2.45) is 0 Å². The van der Waals surface area contributed by atoms with Crippen LogP contribution in [-0.4, -0.2) is 23.2 Å². The first-order valence-electron chi connectivity index (χ1n) is 4.25. The quantitative estimate of drug-likeness (QED) is 0.704. The zero-order valence-electron chi connectivity index (χ0n) is 7.98. The van der Waals surface area contributed by atoms with Crippen molar-refractivity contribution in [1.82, 2.24) is 0 Å². The van der Waals surface area contributed by atoms with Crippen LogP contribution < -0.4 is 0 Å². The summed E-state index contributed by atoms with van der Waals surface area (Å²) in [7, 11) is 0. The van der Waals surface area contributed by atoms with Crippen molar-refractivity contribution in [2.75, 3.05) is 0 Å². The average Bonchev–Trinajstić information content (AvgIpc) is 1.84. The van der Waals surface area contributed by atoms with Crippen molar-refractivity contribution in [3.8, 4) is 0 Å². The zero-order valence-corrected chi connectivity index (χ0v) is 7.98. The van der Waals surface area contributed by atoms with Crippen LogP contribution in [0.25, 0.3) is 0 Å². The van der Waals surface area contributed by atoms with E-state index in [9.17, 15) is 13.2 Å². The summed E-state index contributed by atoms with van der Waals surface area (Å²) in [6.45, 7) is 5.49. The highest BCUT2D eigenvalue weighted by atomic mass is 19.4. The van der Waals surface area contributed by atoms with E-state index in [0.29, 0.717) is 0 Å². The minimum Gasteiger partial charge on any atom is -0.390 e. The summed E-state index contributed by atoms with van der Waals surface area (Å²) in [6, 6.07) is 0. The molecular weight excluding hydrogens is 185 g/mol. The molecule has 0 heterocycles. The van der Waals surface area contributed by atoms with E-state index in [1.807, 2.05) is 13.8 Å². The summed E-state index contributed by atoms with van der Waals surface area (Å²) >= 11 is 0. The molecular formula is C8H15F3O2. The lowest BCUT2D eigenvalue weighted by Crippen LogP contribution is -2.47. The van der Waals surface area contributed by atoms with E-state index in [1.165, 1.54) is 6.92 Å². The largest absolute Gasteiger partial charge is 0.522 e. The number of hydrogen-bond donors (Lipinski definition) is 1. The van der Waals surface area contributed by atoms with Crippen molar-refractivity contribution in [3.05, 3.63) is 0 Å². The molecule has 5 heteroatoms. The van der Waals surface area contributed by atoms with Crippen LogP contribution in [0.5, 0.6) is 0 Å². The summed E-state index contributed by atoms with van der Waals surface area (Å²) in [6.07, 6.45) is -5.30. The van der Waals surface area contributed by atoms with Crippen LogP contribution in [-0.2, 0) is 4.74 Å². The number of alkyl halides is 3. The zero-order chi connectivity index (χ0) is 10.7. The van der Waals surface area contributed by atoms with Gasteiger partial charge >= 0.3 is 6.36 Å². The molecule has 1 fully saturated rings. The molecule has 1 rings (SSSR count). The normalized spacial score (nSPS) is 33.0. The third-order valence-electron chi connectivity index (χ3n) is 1.64. The van der Waals surface area contributed by atoms with Gasteiger partial charge in [0.15, 0.2) is 0 Å². The third kappa shape index (κ3) is 5.10. The Kier molecular flexibility index (Phi) is 4.19. The predicted octanol–water partition coefficient (Wildman–Crippen LogP) is 2.46. The average molecular weight is 200 g/mol. The maximum Gasteiger partial charge on any atom is 0.522 e. The van der Waals surface area contributed by atoms with E-state index in [2.05, 4.69) is 4.74 Å². The van der Waals surface area contributed by atoms with E-state index in [0.717, 1.165) is 0 Å². The van der Waals surface area contributed by atoms with E-state index in [-0.39, 0.29) is 12.8 Å². The molecule has 0 saturated heterocycles. The molecule has 1 aliphatic rings. The second-order valence-corrected chi connectivity index (χ2v) is 3.09. The number of aliphatic hydroxyl groups is 1. The van der Waals surface area contributed by atoms with Crippen molar-refractivity contribution < 1.29 is 23.0 Å². The molecule has 2 nitrogen and oxygen atoms in total. The van der Waals surface area contributed by atoms with Crippen LogP contribution in [0.15, 0.2) is 0 Å². The van der Waals surface area contributed by atoms with Gasteiger partial charge in [-0.2, -0.15) is 0 Å². The van der Waals surface area contributed by atoms with Crippen LogP contribution in [0.3, 0.4) is 0 Å². The Morgan fingerprint density at radius 2 is 1.69 bits per heavy atom.